The number of benzene rings is 2. The van der Waals surface area contributed by atoms with E-state index in [9.17, 15) is 18.8 Å². The summed E-state index contributed by atoms with van der Waals surface area (Å²) in [7, 11) is 1.35. The first-order valence-corrected chi connectivity index (χ1v) is 9.11. The molecule has 0 heterocycles. The number of hydrogen-bond donors (Lipinski definition) is 2. The van der Waals surface area contributed by atoms with Crippen molar-refractivity contribution in [2.24, 2.45) is 0 Å². The van der Waals surface area contributed by atoms with Crippen LogP contribution >= 0.6 is 0 Å². The van der Waals surface area contributed by atoms with E-state index in [0.29, 0.717) is 11.3 Å². The number of carbonyl (C=O) groups is 3. The topological polar surface area (TPSA) is 93.7 Å². The second kappa shape index (κ2) is 10.8. The molecule has 30 heavy (non-hydrogen) atoms. The Kier molecular flexibility index (Phi) is 8.10. The molecule has 158 valence electrons. The van der Waals surface area contributed by atoms with Gasteiger partial charge in [0.05, 0.1) is 13.7 Å². The number of halogens is 1. The molecule has 0 spiro atoms. The largest absolute Gasteiger partial charge is 0.494 e. The van der Waals surface area contributed by atoms with Crippen molar-refractivity contribution in [3.05, 3.63) is 65.0 Å². The van der Waals surface area contributed by atoms with Crippen LogP contribution in [0.25, 0.3) is 6.08 Å². The van der Waals surface area contributed by atoms with E-state index in [0.717, 1.165) is 17.2 Å². The van der Waals surface area contributed by atoms with Crippen molar-refractivity contribution in [2.45, 2.75) is 13.8 Å². The minimum Gasteiger partial charge on any atom is -0.494 e. The molecule has 0 saturated heterocycles. The van der Waals surface area contributed by atoms with Crippen LogP contribution < -0.4 is 15.4 Å². The van der Waals surface area contributed by atoms with Crippen molar-refractivity contribution >= 4 is 29.5 Å². The highest BCUT2D eigenvalue weighted by Gasteiger charge is 2.10. The Hall–Kier alpha value is -3.68. The van der Waals surface area contributed by atoms with Gasteiger partial charge in [-0.25, -0.2) is 9.18 Å². The fraction of sp³-hybridized carbons (Fsp3) is 0.227. The van der Waals surface area contributed by atoms with Gasteiger partial charge >= 0.3 is 5.97 Å². The molecule has 0 bridgehead atoms. The van der Waals surface area contributed by atoms with Gasteiger partial charge < -0.3 is 20.1 Å². The lowest BCUT2D eigenvalue weighted by Gasteiger charge is -2.11. The monoisotopic (exact) mass is 414 g/mol. The van der Waals surface area contributed by atoms with Gasteiger partial charge in [-0.05, 0) is 48.7 Å². The lowest BCUT2D eigenvalue weighted by atomic mass is 10.1. The number of aryl methyl sites for hydroxylation is 2. The van der Waals surface area contributed by atoms with Gasteiger partial charge in [0.15, 0.2) is 18.2 Å². The molecule has 0 atom stereocenters. The SMILES string of the molecule is COc1ccc(/C=C/C(=O)OCC(=O)NCC(=O)Nc2c(C)cccc2C)cc1F. The van der Waals surface area contributed by atoms with Gasteiger partial charge in [-0.2, -0.15) is 0 Å². The van der Waals surface area contributed by atoms with Crippen LogP contribution in [0.3, 0.4) is 0 Å². The Morgan fingerprint density at radius 3 is 2.40 bits per heavy atom. The second-order valence-corrected chi connectivity index (χ2v) is 6.43. The van der Waals surface area contributed by atoms with Gasteiger partial charge in [0.25, 0.3) is 5.91 Å². The molecular formula is C22H23FN2O5. The number of ether oxygens (including phenoxy) is 2. The van der Waals surface area contributed by atoms with Crippen molar-refractivity contribution in [3.63, 3.8) is 0 Å². The number of para-hydroxylation sites is 1. The molecule has 2 N–H and O–H groups in total. The summed E-state index contributed by atoms with van der Waals surface area (Å²) in [5.74, 6) is -2.27. The van der Waals surface area contributed by atoms with Crippen LogP contribution in [0, 0.1) is 19.7 Å². The molecule has 0 fully saturated rings. The molecule has 0 aliphatic carbocycles. The highest BCUT2D eigenvalue weighted by Crippen LogP contribution is 2.19. The number of rotatable bonds is 8. The number of nitrogens with one attached hydrogen (secondary N) is 2. The van der Waals surface area contributed by atoms with Gasteiger partial charge in [-0.15, -0.1) is 0 Å². The first-order valence-electron chi connectivity index (χ1n) is 9.11. The van der Waals surface area contributed by atoms with Crippen molar-refractivity contribution in [2.75, 3.05) is 25.6 Å². The number of amides is 2. The minimum atomic E-state index is -0.777. The standard InChI is InChI=1S/C22H23FN2O5/c1-14-5-4-6-15(2)22(14)25-19(26)12-24-20(27)13-30-21(28)10-8-16-7-9-18(29-3)17(23)11-16/h4-11H,12-13H2,1-3H3,(H,24,27)(H,25,26)/b10-8+. The van der Waals surface area contributed by atoms with E-state index >= 15 is 0 Å². The summed E-state index contributed by atoms with van der Waals surface area (Å²) in [6.07, 6.45) is 2.42. The summed E-state index contributed by atoms with van der Waals surface area (Å²) in [6.45, 7) is 2.94. The molecule has 2 rings (SSSR count). The summed E-state index contributed by atoms with van der Waals surface area (Å²) in [5.41, 5.74) is 2.94. The van der Waals surface area contributed by atoms with Crippen LogP contribution in [-0.2, 0) is 19.1 Å². The summed E-state index contributed by atoms with van der Waals surface area (Å²) >= 11 is 0. The maximum absolute atomic E-state index is 13.6. The number of anilines is 1. The van der Waals surface area contributed by atoms with E-state index in [1.165, 1.54) is 25.3 Å². The highest BCUT2D eigenvalue weighted by molar-refractivity contribution is 5.96. The number of carbonyl (C=O) groups excluding carboxylic acids is 3. The van der Waals surface area contributed by atoms with E-state index in [2.05, 4.69) is 10.6 Å². The van der Waals surface area contributed by atoms with Gasteiger partial charge in [0.2, 0.25) is 5.91 Å². The third-order valence-corrected chi connectivity index (χ3v) is 4.12. The molecule has 0 saturated carbocycles. The van der Waals surface area contributed by atoms with Gasteiger partial charge in [0, 0.05) is 11.8 Å². The summed E-state index contributed by atoms with van der Waals surface area (Å²) in [5, 5.41) is 5.11. The lowest BCUT2D eigenvalue weighted by Crippen LogP contribution is -2.35. The van der Waals surface area contributed by atoms with Crippen LogP contribution in [0.5, 0.6) is 5.75 Å². The van der Waals surface area contributed by atoms with Crippen molar-refractivity contribution in [3.8, 4) is 5.75 Å². The summed E-state index contributed by atoms with van der Waals surface area (Å²) < 4.78 is 23.2. The quantitative estimate of drug-likeness (QED) is 0.512. The normalized spacial score (nSPS) is 10.5. The van der Waals surface area contributed by atoms with Crippen LogP contribution in [0.15, 0.2) is 42.5 Å². The Morgan fingerprint density at radius 2 is 1.77 bits per heavy atom. The predicted molar refractivity (Wildman–Crippen MR) is 111 cm³/mol. The molecule has 0 unspecified atom stereocenters. The third-order valence-electron chi connectivity index (χ3n) is 4.12. The molecule has 2 amide bonds. The molecule has 2 aromatic carbocycles. The van der Waals surface area contributed by atoms with Crippen molar-refractivity contribution in [1.29, 1.82) is 0 Å². The van der Waals surface area contributed by atoms with Gasteiger partial charge in [-0.3, -0.25) is 9.59 Å². The molecule has 0 aliphatic heterocycles. The predicted octanol–water partition coefficient (Wildman–Crippen LogP) is 2.76. The van der Waals surface area contributed by atoms with E-state index in [1.54, 1.807) is 6.07 Å². The van der Waals surface area contributed by atoms with Crippen LogP contribution in [0.4, 0.5) is 10.1 Å². The Labute approximate surface area is 173 Å². The van der Waals surface area contributed by atoms with Gasteiger partial charge in [-0.1, -0.05) is 24.3 Å². The molecule has 0 aliphatic rings. The van der Waals surface area contributed by atoms with E-state index in [4.69, 9.17) is 9.47 Å². The highest BCUT2D eigenvalue weighted by atomic mass is 19.1. The zero-order chi connectivity index (χ0) is 22.1. The molecule has 7 nitrogen and oxygen atoms in total. The molecule has 0 aromatic heterocycles. The molecular weight excluding hydrogens is 391 g/mol. The number of methoxy groups -OCH3 is 1. The molecule has 2 aromatic rings. The average molecular weight is 414 g/mol. The first-order chi connectivity index (χ1) is 14.3. The maximum Gasteiger partial charge on any atom is 0.331 e. The maximum atomic E-state index is 13.6. The molecule has 8 heteroatoms. The van der Waals surface area contributed by atoms with Crippen LogP contribution in [0.1, 0.15) is 16.7 Å². The third kappa shape index (κ3) is 6.73. The van der Waals surface area contributed by atoms with Crippen LogP contribution in [0.2, 0.25) is 0 Å². The van der Waals surface area contributed by atoms with E-state index in [-0.39, 0.29) is 12.3 Å². The first kappa shape index (κ1) is 22.6. The lowest BCUT2D eigenvalue weighted by molar-refractivity contribution is -0.143. The average Bonchev–Trinajstić information content (AvgIpc) is 2.72. The minimum absolute atomic E-state index is 0.0908. The Bertz CT molecular complexity index is 952. The second-order valence-electron chi connectivity index (χ2n) is 6.43. The van der Waals surface area contributed by atoms with Crippen molar-refractivity contribution < 1.29 is 28.2 Å². The fourth-order valence-electron chi connectivity index (χ4n) is 2.56. The zero-order valence-corrected chi connectivity index (χ0v) is 17.0. The summed E-state index contributed by atoms with van der Waals surface area (Å²) in [6, 6.07) is 9.81. The summed E-state index contributed by atoms with van der Waals surface area (Å²) in [4.78, 5) is 35.5. The Balaban J connectivity index is 1.75. The Morgan fingerprint density at radius 1 is 1.07 bits per heavy atom. The van der Waals surface area contributed by atoms with Crippen molar-refractivity contribution in [1.82, 2.24) is 5.32 Å². The van der Waals surface area contributed by atoms with E-state index in [1.807, 2.05) is 32.0 Å². The number of esters is 1. The van der Waals surface area contributed by atoms with Crippen LogP contribution in [-0.4, -0.2) is 38.0 Å². The fourth-order valence-corrected chi connectivity index (χ4v) is 2.56. The smallest absolute Gasteiger partial charge is 0.331 e. The zero-order valence-electron chi connectivity index (χ0n) is 17.0. The molecule has 0 radical (unpaired) electrons. The number of hydrogen-bond acceptors (Lipinski definition) is 5. The van der Waals surface area contributed by atoms with E-state index < -0.39 is 30.2 Å². The van der Waals surface area contributed by atoms with Gasteiger partial charge in [0.1, 0.15) is 0 Å².